The van der Waals surface area contributed by atoms with Gasteiger partial charge in [-0.05, 0) is 18.8 Å². The Balaban J connectivity index is 1.68. The quantitative estimate of drug-likeness (QED) is 0.359. The third-order valence-electron chi connectivity index (χ3n) is 4.74. The fourth-order valence-corrected chi connectivity index (χ4v) is 3.32. The number of benzene rings is 2. The monoisotopic (exact) mass is 314 g/mol. The molecular weight excluding hydrogens is 296 g/mol. The van der Waals surface area contributed by atoms with Crippen molar-refractivity contribution in [3.8, 4) is 0 Å². The molecule has 0 bridgehead atoms. The van der Waals surface area contributed by atoms with Crippen LogP contribution >= 0.6 is 0 Å². The Morgan fingerprint density at radius 2 is 1.58 bits per heavy atom. The summed E-state index contributed by atoms with van der Waals surface area (Å²) in [6.45, 7) is 0. The maximum Gasteiger partial charge on any atom is 0.213 e. The van der Waals surface area contributed by atoms with E-state index in [-0.39, 0.29) is 5.78 Å². The van der Waals surface area contributed by atoms with Crippen LogP contribution in [0.15, 0.2) is 83.0 Å². The summed E-state index contributed by atoms with van der Waals surface area (Å²) in [5.41, 5.74) is 2.95. The minimum absolute atomic E-state index is 0.0911. The number of Topliss-reactive ketones (excluding diaryl/α,β-unsaturated/α-hetero) is 1. The molecule has 4 rings (SSSR count). The highest BCUT2D eigenvalue weighted by Crippen LogP contribution is 2.40. The molecule has 2 aromatic rings. The second-order valence-corrected chi connectivity index (χ2v) is 6.24. The molecular formula is C21H18N2O. The van der Waals surface area contributed by atoms with Crippen LogP contribution in [0.25, 0.3) is 0 Å². The molecule has 0 radical (unpaired) electrons. The number of allylic oxidation sites excluding steroid dienone is 2. The van der Waals surface area contributed by atoms with E-state index in [0.29, 0.717) is 23.1 Å². The Hall–Kier alpha value is -2.81. The lowest BCUT2D eigenvalue weighted by Gasteiger charge is -2.31. The zero-order chi connectivity index (χ0) is 16.4. The van der Waals surface area contributed by atoms with Crippen molar-refractivity contribution < 1.29 is 4.79 Å². The number of ketones is 1. The fourth-order valence-electron chi connectivity index (χ4n) is 3.32. The van der Waals surface area contributed by atoms with Gasteiger partial charge in [-0.15, -0.1) is 5.10 Å². The molecule has 1 saturated carbocycles. The van der Waals surface area contributed by atoms with E-state index in [2.05, 4.69) is 22.4 Å². The van der Waals surface area contributed by atoms with Gasteiger partial charge < -0.3 is 0 Å². The van der Waals surface area contributed by atoms with Crippen molar-refractivity contribution in [1.82, 2.24) is 0 Å². The van der Waals surface area contributed by atoms with Crippen molar-refractivity contribution in [2.75, 3.05) is 0 Å². The predicted octanol–water partition coefficient (Wildman–Crippen LogP) is 4.31. The van der Waals surface area contributed by atoms with E-state index in [9.17, 15) is 4.79 Å². The number of rotatable bonds is 4. The van der Waals surface area contributed by atoms with Crippen LogP contribution in [0.4, 0.5) is 0 Å². The largest absolute Gasteiger partial charge is 0.287 e. The molecule has 2 aliphatic rings. The molecule has 118 valence electrons. The Morgan fingerprint density at radius 1 is 0.917 bits per heavy atom. The number of carbonyl (C=O) groups is 1. The second kappa shape index (κ2) is 6.36. The van der Waals surface area contributed by atoms with E-state index in [4.69, 9.17) is 0 Å². The Morgan fingerprint density at radius 3 is 2.25 bits per heavy atom. The number of hydrogen-bond donors (Lipinski definition) is 0. The van der Waals surface area contributed by atoms with E-state index in [1.807, 2.05) is 60.7 Å². The molecule has 24 heavy (non-hydrogen) atoms. The summed E-state index contributed by atoms with van der Waals surface area (Å²) in [6.07, 6.45) is 6.49. The lowest BCUT2D eigenvalue weighted by atomic mass is 9.74. The fraction of sp³-hybridized carbons (Fsp3) is 0.190. The van der Waals surface area contributed by atoms with Gasteiger partial charge in [-0.3, -0.25) is 4.79 Å². The van der Waals surface area contributed by atoms with E-state index in [1.54, 1.807) is 0 Å². The van der Waals surface area contributed by atoms with Crippen LogP contribution < -0.4 is 0 Å². The first-order valence-electron chi connectivity index (χ1n) is 8.29. The average Bonchev–Trinajstić information content (AvgIpc) is 3.00. The van der Waals surface area contributed by atoms with Gasteiger partial charge in [0.15, 0.2) is 0 Å². The molecule has 0 spiro atoms. The Kier molecular flexibility index (Phi) is 3.91. The summed E-state index contributed by atoms with van der Waals surface area (Å²) < 4.78 is 0. The Bertz CT molecular complexity index is 835. The van der Waals surface area contributed by atoms with Crippen LogP contribution in [0.3, 0.4) is 0 Å². The average molecular weight is 314 g/mol. The third-order valence-corrected chi connectivity index (χ3v) is 4.74. The van der Waals surface area contributed by atoms with Crippen molar-refractivity contribution in [3.63, 3.8) is 0 Å². The maximum atomic E-state index is 12.9. The van der Waals surface area contributed by atoms with Gasteiger partial charge in [0.2, 0.25) is 5.78 Å². The number of carbonyl (C=O) groups excluding carboxylic acids is 1. The van der Waals surface area contributed by atoms with Gasteiger partial charge in [-0.1, -0.05) is 72.8 Å². The molecule has 3 heteroatoms. The number of nitrogens with zero attached hydrogens (tertiary/aromatic N) is 2. The minimum atomic E-state index is -0.0911. The molecule has 0 aliphatic heterocycles. The maximum absolute atomic E-state index is 12.9. The predicted molar refractivity (Wildman–Crippen MR) is 96.5 cm³/mol. The van der Waals surface area contributed by atoms with Crippen molar-refractivity contribution >= 4 is 17.2 Å². The molecule has 3 nitrogen and oxygen atoms in total. The van der Waals surface area contributed by atoms with Crippen LogP contribution in [0.1, 0.15) is 28.8 Å². The summed E-state index contributed by atoms with van der Waals surface area (Å²) in [5.74, 6) is 1.04. The van der Waals surface area contributed by atoms with Crippen molar-refractivity contribution in [2.24, 2.45) is 22.0 Å². The van der Waals surface area contributed by atoms with Crippen LogP contribution in [0.2, 0.25) is 0 Å². The molecule has 2 aromatic carbocycles. The highest BCUT2D eigenvalue weighted by molar-refractivity contribution is 6.51. The van der Waals surface area contributed by atoms with Gasteiger partial charge in [-0.2, -0.15) is 5.10 Å². The van der Waals surface area contributed by atoms with Gasteiger partial charge >= 0.3 is 0 Å². The Labute approximate surface area is 141 Å². The number of fused-ring (bicyclic) bond motifs is 1. The summed E-state index contributed by atoms with van der Waals surface area (Å²) >= 11 is 0. The van der Waals surface area contributed by atoms with Crippen molar-refractivity contribution in [3.05, 3.63) is 83.9 Å². The zero-order valence-corrected chi connectivity index (χ0v) is 13.3. The minimum Gasteiger partial charge on any atom is -0.287 e. The van der Waals surface area contributed by atoms with Crippen LogP contribution in [-0.4, -0.2) is 17.2 Å². The second-order valence-electron chi connectivity index (χ2n) is 6.24. The highest BCUT2D eigenvalue weighted by Gasteiger charge is 2.38. The number of hydrogen-bond acceptors (Lipinski definition) is 3. The molecule has 0 N–H and O–H groups in total. The van der Waals surface area contributed by atoms with Gasteiger partial charge in [-0.25, -0.2) is 0 Å². The van der Waals surface area contributed by atoms with Crippen molar-refractivity contribution in [2.45, 2.75) is 12.8 Å². The standard InChI is InChI=1S/C21H18N2O/c24-21(16-10-5-2-6-11-16)20(15-8-3-1-4-9-15)23-22-19-14-17-12-7-13-18(17)19/h1-12,17-18H,13-14H2/b22-19-,23-20-/t17-,18-/m0/s1. The van der Waals surface area contributed by atoms with Gasteiger partial charge in [0, 0.05) is 22.8 Å². The molecule has 0 unspecified atom stereocenters. The van der Waals surface area contributed by atoms with Gasteiger partial charge in [0.25, 0.3) is 0 Å². The molecule has 0 amide bonds. The third kappa shape index (κ3) is 2.73. The van der Waals surface area contributed by atoms with Crippen LogP contribution in [0, 0.1) is 11.8 Å². The van der Waals surface area contributed by atoms with Gasteiger partial charge in [0.1, 0.15) is 5.71 Å². The first-order valence-corrected chi connectivity index (χ1v) is 8.29. The summed E-state index contributed by atoms with van der Waals surface area (Å²) in [4.78, 5) is 12.9. The zero-order valence-electron chi connectivity index (χ0n) is 13.3. The smallest absolute Gasteiger partial charge is 0.213 e. The van der Waals surface area contributed by atoms with E-state index in [1.165, 1.54) is 0 Å². The van der Waals surface area contributed by atoms with Crippen LogP contribution in [0.5, 0.6) is 0 Å². The molecule has 0 saturated heterocycles. The van der Waals surface area contributed by atoms with Crippen LogP contribution in [-0.2, 0) is 0 Å². The molecule has 2 aliphatic carbocycles. The normalized spacial score (nSPS) is 23.8. The molecule has 2 atom stereocenters. The lowest BCUT2D eigenvalue weighted by molar-refractivity contribution is 0.106. The summed E-state index contributed by atoms with van der Waals surface area (Å²) in [7, 11) is 0. The molecule has 1 fully saturated rings. The lowest BCUT2D eigenvalue weighted by Crippen LogP contribution is -2.33. The highest BCUT2D eigenvalue weighted by atomic mass is 16.1. The summed E-state index contributed by atoms with van der Waals surface area (Å²) in [5, 5.41) is 8.82. The SMILES string of the molecule is O=C(/C(=N\N=C1\C[C@@H]2C=CC[C@H]12)c1ccccc1)c1ccccc1. The first kappa shape index (κ1) is 14.8. The van der Waals surface area contributed by atoms with Crippen molar-refractivity contribution in [1.29, 1.82) is 0 Å². The molecule has 0 aromatic heterocycles. The summed E-state index contributed by atoms with van der Waals surface area (Å²) in [6, 6.07) is 18.8. The molecule has 0 heterocycles. The topological polar surface area (TPSA) is 41.8 Å². The van der Waals surface area contributed by atoms with E-state index >= 15 is 0 Å². The van der Waals surface area contributed by atoms with E-state index in [0.717, 1.165) is 24.1 Å². The van der Waals surface area contributed by atoms with E-state index < -0.39 is 0 Å². The first-order chi connectivity index (χ1) is 11.8. The van der Waals surface area contributed by atoms with Gasteiger partial charge in [0.05, 0.1) is 0 Å².